The van der Waals surface area contributed by atoms with E-state index in [4.69, 9.17) is 10.8 Å². The summed E-state index contributed by atoms with van der Waals surface area (Å²) in [5.74, 6) is 0.0463. The quantitative estimate of drug-likeness (QED) is 0.356. The maximum absolute atomic E-state index is 6.52. The van der Waals surface area contributed by atoms with Gasteiger partial charge in [-0.15, -0.1) is 0 Å². The van der Waals surface area contributed by atoms with E-state index < -0.39 is 0 Å². The topological polar surface area (TPSA) is 56.9 Å². The maximum Gasteiger partial charge on any atom is 0.185 e. The van der Waals surface area contributed by atoms with E-state index in [1.54, 1.807) is 0 Å². The Morgan fingerprint density at radius 1 is 1.83 bits per heavy atom. The summed E-state index contributed by atoms with van der Waals surface area (Å²) in [4.78, 5) is 0. The summed E-state index contributed by atoms with van der Waals surface area (Å²) in [6.45, 7) is 1.46. The first-order chi connectivity index (χ1) is 2.77. The Morgan fingerprint density at radius 3 is 2.33 bits per heavy atom. The van der Waals surface area contributed by atoms with Crippen LogP contribution in [0.2, 0.25) is 0 Å². The third-order valence-electron chi connectivity index (χ3n) is 0.236. The molecule has 0 saturated carbocycles. The lowest BCUT2D eigenvalue weighted by atomic mass is 10.8. The smallest absolute Gasteiger partial charge is 0.185 e. The summed E-state index contributed by atoms with van der Waals surface area (Å²) < 4.78 is 4.17. The fourth-order valence-electron chi connectivity index (χ4n) is 0.0884. The van der Waals surface area contributed by atoms with Crippen molar-refractivity contribution in [3.63, 3.8) is 0 Å². The van der Waals surface area contributed by atoms with E-state index in [0.717, 1.165) is 6.40 Å². The van der Waals surface area contributed by atoms with Crippen molar-refractivity contribution >= 4 is 12.3 Å². The van der Waals surface area contributed by atoms with Crippen molar-refractivity contribution in [2.45, 2.75) is 6.92 Å². The first-order valence-electron chi connectivity index (χ1n) is 1.48. The van der Waals surface area contributed by atoms with Gasteiger partial charge in [-0.25, -0.2) is 0 Å². The van der Waals surface area contributed by atoms with Crippen LogP contribution in [0.1, 0.15) is 6.92 Å². The van der Waals surface area contributed by atoms with Crippen molar-refractivity contribution < 1.29 is 4.74 Å². The molecular formula is C3H6N2O. The molecule has 0 heterocycles. The Labute approximate surface area is 36.0 Å². The van der Waals surface area contributed by atoms with Crippen molar-refractivity contribution in [2.75, 3.05) is 0 Å². The zero-order valence-corrected chi connectivity index (χ0v) is 3.49. The van der Waals surface area contributed by atoms with Gasteiger partial charge < -0.3 is 4.74 Å². The Morgan fingerprint density at radius 2 is 2.33 bits per heavy atom. The Balaban J connectivity index is 3.05. The van der Waals surface area contributed by atoms with Gasteiger partial charge in [-0.2, -0.15) is 0 Å². The monoisotopic (exact) mass is 86.0 g/mol. The number of nitrogens with one attached hydrogen (secondary N) is 2. The second kappa shape index (κ2) is 2.38. The summed E-state index contributed by atoms with van der Waals surface area (Å²) in [7, 11) is 0. The highest BCUT2D eigenvalue weighted by molar-refractivity contribution is 5.76. The summed E-state index contributed by atoms with van der Waals surface area (Å²) in [5, 5.41) is 12.8. The highest BCUT2D eigenvalue weighted by atomic mass is 16.5. The molecule has 0 saturated heterocycles. The van der Waals surface area contributed by atoms with E-state index in [9.17, 15) is 0 Å². The molecule has 0 spiro atoms. The minimum Gasteiger partial charge on any atom is -0.433 e. The molecule has 0 rings (SSSR count). The third kappa shape index (κ3) is 3.14. The molecule has 0 amide bonds. The average Bonchev–Trinajstić information content (AvgIpc) is 1.35. The van der Waals surface area contributed by atoms with Crippen LogP contribution in [0.25, 0.3) is 0 Å². The Bertz CT molecular complexity index is 69.2. The van der Waals surface area contributed by atoms with Gasteiger partial charge in [0.25, 0.3) is 0 Å². The molecule has 0 aromatic heterocycles. The molecule has 0 radical (unpaired) electrons. The molecule has 0 fully saturated rings. The molecule has 2 N–H and O–H groups in total. The van der Waals surface area contributed by atoms with Gasteiger partial charge in [-0.05, 0) is 0 Å². The molecule has 34 valence electrons. The van der Waals surface area contributed by atoms with Gasteiger partial charge in [0.15, 0.2) is 12.3 Å². The molecule has 0 aromatic rings. The van der Waals surface area contributed by atoms with Crippen LogP contribution in [0.3, 0.4) is 0 Å². The fraction of sp³-hybridized carbons (Fsp3) is 0.333. The van der Waals surface area contributed by atoms with Crippen LogP contribution < -0.4 is 0 Å². The van der Waals surface area contributed by atoms with E-state index >= 15 is 0 Å². The predicted molar refractivity (Wildman–Crippen MR) is 23.3 cm³/mol. The van der Waals surface area contributed by atoms with Crippen molar-refractivity contribution in [3.05, 3.63) is 0 Å². The first kappa shape index (κ1) is 5.14. The third-order valence-corrected chi connectivity index (χ3v) is 0.236. The minimum absolute atomic E-state index is 0.0463. The van der Waals surface area contributed by atoms with Crippen LogP contribution in [0.15, 0.2) is 0 Å². The van der Waals surface area contributed by atoms with Crippen molar-refractivity contribution in [3.8, 4) is 0 Å². The maximum atomic E-state index is 6.52. The van der Waals surface area contributed by atoms with Crippen LogP contribution >= 0.6 is 0 Å². The highest BCUT2D eigenvalue weighted by Gasteiger charge is 1.73. The summed E-state index contributed by atoms with van der Waals surface area (Å²) in [5.41, 5.74) is 0. The van der Waals surface area contributed by atoms with E-state index in [1.807, 2.05) is 0 Å². The summed E-state index contributed by atoms with van der Waals surface area (Å²) in [6.07, 6.45) is 0.725. The molecule has 0 atom stereocenters. The molecule has 0 aromatic carbocycles. The number of ether oxygens (including phenoxy) is 1. The molecule has 0 unspecified atom stereocenters. The molecule has 0 aliphatic carbocycles. The zero-order valence-electron chi connectivity index (χ0n) is 3.49. The van der Waals surface area contributed by atoms with E-state index in [1.165, 1.54) is 6.92 Å². The predicted octanol–water partition coefficient (Wildman–Crippen LogP) is 0.607. The van der Waals surface area contributed by atoms with Gasteiger partial charge in [0.2, 0.25) is 0 Å². The second-order valence-corrected chi connectivity index (χ2v) is 0.792. The van der Waals surface area contributed by atoms with Crippen LogP contribution in [0.4, 0.5) is 0 Å². The van der Waals surface area contributed by atoms with Crippen molar-refractivity contribution in [2.24, 2.45) is 0 Å². The van der Waals surface area contributed by atoms with Gasteiger partial charge in [-0.1, -0.05) is 0 Å². The molecular weight excluding hydrogens is 80.0 g/mol. The fourth-order valence-corrected chi connectivity index (χ4v) is 0.0884. The van der Waals surface area contributed by atoms with E-state index in [2.05, 4.69) is 4.74 Å². The standard InChI is InChI=1S/C3H6N2O/c1-3(5)6-2-4/h2,4-5H,1H3. The van der Waals surface area contributed by atoms with Gasteiger partial charge in [0.05, 0.1) is 0 Å². The molecule has 3 nitrogen and oxygen atoms in total. The normalized spacial score (nSPS) is 6.83. The largest absolute Gasteiger partial charge is 0.433 e. The van der Waals surface area contributed by atoms with E-state index in [0.29, 0.717) is 0 Å². The number of hydrogen-bond donors (Lipinski definition) is 2. The van der Waals surface area contributed by atoms with Crippen LogP contribution in [-0.2, 0) is 4.74 Å². The minimum atomic E-state index is 0.0463. The lowest BCUT2D eigenvalue weighted by Crippen LogP contribution is -1.91. The van der Waals surface area contributed by atoms with Gasteiger partial charge >= 0.3 is 0 Å². The molecule has 3 heteroatoms. The van der Waals surface area contributed by atoms with Gasteiger partial charge in [-0.3, -0.25) is 10.8 Å². The van der Waals surface area contributed by atoms with Crippen LogP contribution in [0.5, 0.6) is 0 Å². The van der Waals surface area contributed by atoms with E-state index in [-0.39, 0.29) is 5.90 Å². The lowest BCUT2D eigenvalue weighted by molar-refractivity contribution is 0.554. The average molecular weight is 86.1 g/mol. The highest BCUT2D eigenvalue weighted by Crippen LogP contribution is 1.64. The first-order valence-corrected chi connectivity index (χ1v) is 1.48. The lowest BCUT2D eigenvalue weighted by Gasteiger charge is -1.86. The zero-order chi connectivity index (χ0) is 4.99. The summed E-state index contributed by atoms with van der Waals surface area (Å²) in [6, 6.07) is 0. The van der Waals surface area contributed by atoms with Crippen LogP contribution in [0, 0.1) is 10.8 Å². The molecule has 6 heavy (non-hydrogen) atoms. The molecule has 0 aliphatic rings. The Kier molecular flexibility index (Phi) is 2.04. The molecule has 0 aliphatic heterocycles. The van der Waals surface area contributed by atoms with Crippen LogP contribution in [-0.4, -0.2) is 12.3 Å². The van der Waals surface area contributed by atoms with Crippen molar-refractivity contribution in [1.29, 1.82) is 10.8 Å². The molecule has 0 bridgehead atoms. The second-order valence-electron chi connectivity index (χ2n) is 0.792. The SMILES string of the molecule is CC(=N)OC=N. The number of rotatable bonds is 1. The Hall–Kier alpha value is -0.860. The van der Waals surface area contributed by atoms with Crippen molar-refractivity contribution in [1.82, 2.24) is 0 Å². The summed E-state index contributed by atoms with van der Waals surface area (Å²) >= 11 is 0. The number of hydrogen-bond acceptors (Lipinski definition) is 3. The van der Waals surface area contributed by atoms with Gasteiger partial charge in [0, 0.05) is 6.92 Å². The van der Waals surface area contributed by atoms with Gasteiger partial charge in [0.1, 0.15) is 0 Å².